The van der Waals surface area contributed by atoms with Gasteiger partial charge in [-0.25, -0.2) is 4.79 Å². The number of amides is 1. The second-order valence-corrected chi connectivity index (χ2v) is 6.27. The van der Waals surface area contributed by atoms with E-state index >= 15 is 0 Å². The van der Waals surface area contributed by atoms with Gasteiger partial charge in [0.15, 0.2) is 5.60 Å². The third-order valence-electron chi connectivity index (χ3n) is 4.89. The number of halogens is 3. The first kappa shape index (κ1) is 15.9. The number of nitrogens with zero attached hydrogens (tertiary/aromatic N) is 2. The Bertz CT molecular complexity index is 836. The third-order valence-corrected chi connectivity index (χ3v) is 4.89. The minimum Gasteiger partial charge on any atom is -0.479 e. The molecule has 1 saturated heterocycles. The van der Waals surface area contributed by atoms with Crippen LogP contribution >= 0.6 is 0 Å². The van der Waals surface area contributed by atoms with E-state index < -0.39 is 23.6 Å². The van der Waals surface area contributed by atoms with Gasteiger partial charge in [-0.1, -0.05) is 12.1 Å². The number of hydrogen-bond acceptors (Lipinski definition) is 2. The Morgan fingerprint density at radius 2 is 1.80 bits per heavy atom. The van der Waals surface area contributed by atoms with E-state index in [-0.39, 0.29) is 13.1 Å². The Morgan fingerprint density at radius 3 is 2.44 bits per heavy atom. The van der Waals surface area contributed by atoms with Crippen LogP contribution in [0.5, 0.6) is 5.75 Å². The molecule has 0 bridgehead atoms. The fourth-order valence-corrected chi connectivity index (χ4v) is 3.68. The molecule has 1 N–H and O–H groups in total. The number of piperidine rings is 1. The zero-order chi connectivity index (χ0) is 17.8. The Kier molecular flexibility index (Phi) is 3.28. The monoisotopic (exact) mass is 352 g/mol. The van der Waals surface area contributed by atoms with Crippen LogP contribution < -0.4 is 4.74 Å². The van der Waals surface area contributed by atoms with E-state index in [1.165, 1.54) is 15.5 Å². The molecule has 1 aromatic heterocycles. The molecular weight excluding hydrogens is 337 g/mol. The number of fused-ring (bicyclic) bond motifs is 4. The summed E-state index contributed by atoms with van der Waals surface area (Å²) in [5.41, 5.74) is -0.938. The molecule has 2 aromatic rings. The molecule has 0 radical (unpaired) electrons. The quantitative estimate of drug-likeness (QED) is 0.783. The molecule has 1 amide bonds. The first-order valence-electron chi connectivity index (χ1n) is 7.87. The Labute approximate surface area is 141 Å². The Morgan fingerprint density at radius 1 is 1.12 bits per heavy atom. The molecule has 0 aliphatic carbocycles. The van der Waals surface area contributed by atoms with Gasteiger partial charge in [0.2, 0.25) is 0 Å². The predicted molar refractivity (Wildman–Crippen MR) is 81.9 cm³/mol. The van der Waals surface area contributed by atoms with Crippen molar-refractivity contribution in [3.05, 3.63) is 47.8 Å². The maximum atomic E-state index is 13.5. The van der Waals surface area contributed by atoms with E-state index in [1.807, 2.05) is 0 Å². The number of para-hydroxylation sites is 2. The third kappa shape index (κ3) is 2.35. The minimum atomic E-state index is -4.49. The SMILES string of the molecule is O=C(O)N1CCC2(CC1)Oc1ccccc1-n1c(C(F)(F)F)ccc12. The summed E-state index contributed by atoms with van der Waals surface area (Å²) < 4.78 is 47.8. The van der Waals surface area contributed by atoms with E-state index in [0.717, 1.165) is 6.07 Å². The van der Waals surface area contributed by atoms with Gasteiger partial charge in [-0.3, -0.25) is 0 Å². The maximum absolute atomic E-state index is 13.5. The van der Waals surface area contributed by atoms with E-state index in [0.29, 0.717) is 30.0 Å². The van der Waals surface area contributed by atoms with Crippen LogP contribution in [0.3, 0.4) is 0 Å². The van der Waals surface area contributed by atoms with Crippen molar-refractivity contribution in [1.29, 1.82) is 0 Å². The lowest BCUT2D eigenvalue weighted by atomic mass is 9.86. The average Bonchev–Trinajstić information content (AvgIpc) is 3.02. The van der Waals surface area contributed by atoms with Crippen molar-refractivity contribution in [3.63, 3.8) is 0 Å². The molecule has 2 aliphatic rings. The van der Waals surface area contributed by atoms with Crippen LogP contribution in [0.4, 0.5) is 18.0 Å². The molecule has 8 heteroatoms. The first-order valence-corrected chi connectivity index (χ1v) is 7.87. The lowest BCUT2D eigenvalue weighted by molar-refractivity contribution is -0.143. The smallest absolute Gasteiger partial charge is 0.431 e. The molecule has 5 nitrogen and oxygen atoms in total. The zero-order valence-electron chi connectivity index (χ0n) is 13.1. The van der Waals surface area contributed by atoms with Gasteiger partial charge < -0.3 is 19.3 Å². The minimum absolute atomic E-state index is 0.212. The van der Waals surface area contributed by atoms with Crippen LogP contribution in [0.1, 0.15) is 24.2 Å². The van der Waals surface area contributed by atoms with Crippen molar-refractivity contribution >= 4 is 6.09 Å². The fourth-order valence-electron chi connectivity index (χ4n) is 3.68. The number of carbonyl (C=O) groups is 1. The number of carboxylic acid groups (broad SMARTS) is 1. The van der Waals surface area contributed by atoms with Gasteiger partial charge >= 0.3 is 12.3 Å². The van der Waals surface area contributed by atoms with E-state index in [9.17, 15) is 18.0 Å². The van der Waals surface area contributed by atoms with Gasteiger partial charge in [-0.2, -0.15) is 13.2 Å². The van der Waals surface area contributed by atoms with Crippen LogP contribution in [0, 0.1) is 0 Å². The number of ether oxygens (including phenoxy) is 1. The molecule has 0 atom stereocenters. The first-order chi connectivity index (χ1) is 11.8. The zero-order valence-corrected chi connectivity index (χ0v) is 13.1. The predicted octanol–water partition coefficient (Wildman–Crippen LogP) is 3.86. The van der Waals surface area contributed by atoms with Gasteiger partial charge in [-0.15, -0.1) is 0 Å². The number of aromatic nitrogens is 1. The summed E-state index contributed by atoms with van der Waals surface area (Å²) in [6.45, 7) is 0.425. The van der Waals surface area contributed by atoms with Crippen LogP contribution in [0.2, 0.25) is 0 Å². The summed E-state index contributed by atoms with van der Waals surface area (Å²) in [5, 5.41) is 9.12. The number of rotatable bonds is 0. The number of likely N-dealkylation sites (tertiary alicyclic amines) is 1. The van der Waals surface area contributed by atoms with Gasteiger partial charge in [0.05, 0.1) is 11.4 Å². The molecule has 1 fully saturated rings. The standard InChI is InChI=1S/C17H15F3N2O3/c18-17(19,20)14-6-5-13-16(7-9-21(10-8-16)15(23)24)25-12-4-2-1-3-11(12)22(13)14/h1-6H,7-10H2,(H,23,24). The van der Waals surface area contributed by atoms with Crippen LogP contribution in [0.15, 0.2) is 36.4 Å². The summed E-state index contributed by atoms with van der Waals surface area (Å²) in [6.07, 6.45) is -4.92. The molecule has 3 heterocycles. The Balaban J connectivity index is 1.85. The van der Waals surface area contributed by atoms with E-state index in [1.54, 1.807) is 24.3 Å². The highest BCUT2D eigenvalue weighted by atomic mass is 19.4. The van der Waals surface area contributed by atoms with Gasteiger partial charge in [0.1, 0.15) is 11.4 Å². The summed E-state index contributed by atoms with van der Waals surface area (Å²) in [7, 11) is 0. The maximum Gasteiger partial charge on any atom is 0.431 e. The summed E-state index contributed by atoms with van der Waals surface area (Å²) >= 11 is 0. The number of hydrogen-bond donors (Lipinski definition) is 1. The lowest BCUT2D eigenvalue weighted by Gasteiger charge is -2.44. The van der Waals surface area contributed by atoms with Crippen molar-refractivity contribution in [2.24, 2.45) is 0 Å². The summed E-state index contributed by atoms with van der Waals surface area (Å²) in [5.74, 6) is 0.375. The van der Waals surface area contributed by atoms with Crippen molar-refractivity contribution in [2.75, 3.05) is 13.1 Å². The molecule has 1 aromatic carbocycles. The van der Waals surface area contributed by atoms with Crippen molar-refractivity contribution in [1.82, 2.24) is 9.47 Å². The Hall–Kier alpha value is -2.64. The molecule has 4 rings (SSSR count). The lowest BCUT2D eigenvalue weighted by Crippen LogP contribution is -2.49. The number of alkyl halides is 3. The molecule has 0 saturated carbocycles. The molecule has 132 valence electrons. The highest BCUT2D eigenvalue weighted by Gasteiger charge is 2.48. The fraction of sp³-hybridized carbons (Fsp3) is 0.353. The molecule has 25 heavy (non-hydrogen) atoms. The van der Waals surface area contributed by atoms with Crippen LogP contribution in [-0.4, -0.2) is 33.8 Å². The van der Waals surface area contributed by atoms with Crippen molar-refractivity contribution in [2.45, 2.75) is 24.6 Å². The largest absolute Gasteiger partial charge is 0.479 e. The van der Waals surface area contributed by atoms with Crippen LogP contribution in [0.25, 0.3) is 5.69 Å². The summed E-state index contributed by atoms with van der Waals surface area (Å²) in [6, 6.07) is 9.11. The topological polar surface area (TPSA) is 54.7 Å². The average molecular weight is 352 g/mol. The van der Waals surface area contributed by atoms with Crippen molar-refractivity contribution < 1.29 is 27.8 Å². The van der Waals surface area contributed by atoms with Gasteiger partial charge in [0.25, 0.3) is 0 Å². The van der Waals surface area contributed by atoms with Crippen molar-refractivity contribution in [3.8, 4) is 11.4 Å². The normalized spacial score (nSPS) is 18.4. The molecule has 0 unspecified atom stereocenters. The van der Waals surface area contributed by atoms with Gasteiger partial charge in [-0.05, 0) is 24.3 Å². The highest BCUT2D eigenvalue weighted by molar-refractivity contribution is 5.65. The molecular formula is C17H15F3N2O3. The van der Waals surface area contributed by atoms with Gasteiger partial charge in [0, 0.05) is 25.9 Å². The molecule has 1 spiro atoms. The number of benzene rings is 1. The van der Waals surface area contributed by atoms with Crippen LogP contribution in [-0.2, 0) is 11.8 Å². The second-order valence-electron chi connectivity index (χ2n) is 6.27. The summed E-state index contributed by atoms with van der Waals surface area (Å²) in [4.78, 5) is 12.4. The highest BCUT2D eigenvalue weighted by Crippen LogP contribution is 2.48. The van der Waals surface area contributed by atoms with E-state index in [4.69, 9.17) is 9.84 Å². The van der Waals surface area contributed by atoms with E-state index in [2.05, 4.69) is 0 Å². The molecule has 2 aliphatic heterocycles. The second kappa shape index (κ2) is 5.18.